The van der Waals surface area contributed by atoms with Crippen LogP contribution in [0.4, 0.5) is 33.3 Å². The standard InChI is InChI=1S/C14H9F5N2OS/c15-8-4-5-12(11(16)6-8)21-13(23)20-9-2-1-3-10(7-9)22-14(17,18)19/h1-7H,(H2,20,21,23). The van der Waals surface area contributed by atoms with Crippen LogP contribution in [0, 0.1) is 11.6 Å². The van der Waals surface area contributed by atoms with Crippen molar-refractivity contribution in [3.05, 3.63) is 54.1 Å². The molecule has 2 aromatic rings. The number of thiocarbonyl (C=S) groups is 1. The minimum Gasteiger partial charge on any atom is -0.406 e. The first-order valence-corrected chi connectivity index (χ1v) is 6.52. The van der Waals surface area contributed by atoms with Gasteiger partial charge in [0.2, 0.25) is 0 Å². The average Bonchev–Trinajstić information content (AvgIpc) is 2.40. The average molecular weight is 348 g/mol. The molecule has 0 amide bonds. The monoisotopic (exact) mass is 348 g/mol. The zero-order chi connectivity index (χ0) is 17.0. The van der Waals surface area contributed by atoms with Crippen LogP contribution in [0.3, 0.4) is 0 Å². The molecule has 0 aliphatic rings. The lowest BCUT2D eigenvalue weighted by atomic mass is 10.3. The third-order valence-corrected chi connectivity index (χ3v) is 2.71. The lowest BCUT2D eigenvalue weighted by Gasteiger charge is -2.13. The van der Waals surface area contributed by atoms with Crippen LogP contribution in [0.15, 0.2) is 42.5 Å². The Morgan fingerprint density at radius 2 is 1.74 bits per heavy atom. The smallest absolute Gasteiger partial charge is 0.406 e. The Bertz CT molecular complexity index is 721. The molecule has 0 spiro atoms. The van der Waals surface area contributed by atoms with Gasteiger partial charge in [0, 0.05) is 17.8 Å². The summed E-state index contributed by atoms with van der Waals surface area (Å²) in [6, 6.07) is 7.80. The van der Waals surface area contributed by atoms with Crippen LogP contribution in [-0.4, -0.2) is 11.5 Å². The van der Waals surface area contributed by atoms with Crippen LogP contribution in [-0.2, 0) is 0 Å². The van der Waals surface area contributed by atoms with E-state index in [4.69, 9.17) is 12.2 Å². The Labute approximate surface area is 133 Å². The van der Waals surface area contributed by atoms with Crippen molar-refractivity contribution < 1.29 is 26.7 Å². The third kappa shape index (κ3) is 5.37. The summed E-state index contributed by atoms with van der Waals surface area (Å²) < 4.78 is 66.5. The Hall–Kier alpha value is -2.42. The fourth-order valence-corrected chi connectivity index (χ4v) is 1.87. The van der Waals surface area contributed by atoms with Gasteiger partial charge in [0.05, 0.1) is 5.69 Å². The summed E-state index contributed by atoms with van der Waals surface area (Å²) in [6.07, 6.45) is -4.81. The number of hydrogen-bond donors (Lipinski definition) is 2. The summed E-state index contributed by atoms with van der Waals surface area (Å²) >= 11 is 4.92. The van der Waals surface area contributed by atoms with Gasteiger partial charge in [-0.2, -0.15) is 0 Å². The zero-order valence-electron chi connectivity index (χ0n) is 11.2. The third-order valence-electron chi connectivity index (χ3n) is 2.50. The Morgan fingerprint density at radius 1 is 1.00 bits per heavy atom. The fraction of sp³-hybridized carbons (Fsp3) is 0.0714. The van der Waals surface area contributed by atoms with Crippen LogP contribution in [0.2, 0.25) is 0 Å². The van der Waals surface area contributed by atoms with Crippen molar-refractivity contribution >= 4 is 28.7 Å². The molecule has 122 valence electrons. The maximum Gasteiger partial charge on any atom is 0.573 e. The van der Waals surface area contributed by atoms with E-state index in [1.165, 1.54) is 12.1 Å². The van der Waals surface area contributed by atoms with Gasteiger partial charge in [0.25, 0.3) is 0 Å². The molecule has 0 aliphatic carbocycles. The molecule has 0 aliphatic heterocycles. The maximum absolute atomic E-state index is 13.5. The van der Waals surface area contributed by atoms with E-state index >= 15 is 0 Å². The van der Waals surface area contributed by atoms with Gasteiger partial charge in [-0.1, -0.05) is 6.07 Å². The largest absolute Gasteiger partial charge is 0.573 e. The number of benzene rings is 2. The Kier molecular flexibility index (Phi) is 4.99. The number of anilines is 2. The molecule has 2 N–H and O–H groups in total. The molecular weight excluding hydrogens is 339 g/mol. The van der Waals surface area contributed by atoms with Crippen molar-refractivity contribution in [1.29, 1.82) is 0 Å². The molecule has 0 bridgehead atoms. The van der Waals surface area contributed by atoms with E-state index in [1.54, 1.807) is 0 Å². The molecule has 0 unspecified atom stereocenters. The molecule has 0 heterocycles. The number of ether oxygens (including phenoxy) is 1. The van der Waals surface area contributed by atoms with Gasteiger partial charge in [-0.3, -0.25) is 0 Å². The van der Waals surface area contributed by atoms with Crippen molar-refractivity contribution in [2.45, 2.75) is 6.36 Å². The molecule has 0 aromatic heterocycles. The van der Waals surface area contributed by atoms with Gasteiger partial charge in [0.1, 0.15) is 17.4 Å². The SMILES string of the molecule is Fc1ccc(NC(=S)Nc2cccc(OC(F)(F)F)c2)c(F)c1. The quantitative estimate of drug-likeness (QED) is 0.624. The highest BCUT2D eigenvalue weighted by Gasteiger charge is 2.31. The first kappa shape index (κ1) is 16.9. The topological polar surface area (TPSA) is 33.3 Å². The molecule has 0 saturated carbocycles. The first-order chi connectivity index (χ1) is 10.7. The number of hydrogen-bond acceptors (Lipinski definition) is 2. The number of nitrogens with one attached hydrogen (secondary N) is 2. The van der Waals surface area contributed by atoms with Crippen LogP contribution < -0.4 is 15.4 Å². The van der Waals surface area contributed by atoms with Crippen molar-refractivity contribution in [3.63, 3.8) is 0 Å². The van der Waals surface area contributed by atoms with Gasteiger partial charge in [-0.25, -0.2) is 8.78 Å². The summed E-state index contributed by atoms with van der Waals surface area (Å²) in [5, 5.41) is 4.96. The van der Waals surface area contributed by atoms with Crippen molar-refractivity contribution in [2.24, 2.45) is 0 Å². The predicted molar refractivity (Wildman–Crippen MR) is 79.3 cm³/mol. The summed E-state index contributed by atoms with van der Waals surface area (Å²) in [4.78, 5) is 0. The number of alkyl halides is 3. The zero-order valence-corrected chi connectivity index (χ0v) is 12.1. The molecule has 0 radical (unpaired) electrons. The molecule has 2 rings (SSSR count). The van der Waals surface area contributed by atoms with Gasteiger partial charge in [-0.15, -0.1) is 13.2 Å². The van der Waals surface area contributed by atoms with E-state index in [1.807, 2.05) is 0 Å². The van der Waals surface area contributed by atoms with Crippen LogP contribution >= 0.6 is 12.2 Å². The highest BCUT2D eigenvalue weighted by Crippen LogP contribution is 2.25. The molecule has 0 saturated heterocycles. The van der Waals surface area contributed by atoms with Crippen molar-refractivity contribution in [3.8, 4) is 5.75 Å². The van der Waals surface area contributed by atoms with Gasteiger partial charge in [0.15, 0.2) is 5.11 Å². The lowest BCUT2D eigenvalue weighted by Crippen LogP contribution is -2.20. The molecule has 23 heavy (non-hydrogen) atoms. The van der Waals surface area contributed by atoms with Crippen LogP contribution in [0.5, 0.6) is 5.75 Å². The normalized spacial score (nSPS) is 11.0. The molecule has 0 fully saturated rings. The number of halogens is 5. The molecule has 3 nitrogen and oxygen atoms in total. The minimum absolute atomic E-state index is 0.0772. The van der Waals surface area contributed by atoms with E-state index in [2.05, 4.69) is 15.4 Å². The van der Waals surface area contributed by atoms with E-state index in [0.717, 1.165) is 24.3 Å². The fourth-order valence-electron chi connectivity index (χ4n) is 1.65. The Morgan fingerprint density at radius 3 is 2.39 bits per heavy atom. The second-order valence-electron chi connectivity index (χ2n) is 4.28. The maximum atomic E-state index is 13.5. The van der Waals surface area contributed by atoms with Crippen molar-refractivity contribution in [2.75, 3.05) is 10.6 Å². The highest BCUT2D eigenvalue weighted by molar-refractivity contribution is 7.80. The van der Waals surface area contributed by atoms with Gasteiger partial charge in [-0.05, 0) is 36.5 Å². The van der Waals surface area contributed by atoms with E-state index in [-0.39, 0.29) is 16.5 Å². The lowest BCUT2D eigenvalue weighted by molar-refractivity contribution is -0.274. The van der Waals surface area contributed by atoms with Crippen molar-refractivity contribution in [1.82, 2.24) is 0 Å². The summed E-state index contributed by atoms with van der Waals surface area (Å²) in [5.41, 5.74) is 0.123. The first-order valence-electron chi connectivity index (χ1n) is 6.12. The van der Waals surface area contributed by atoms with Gasteiger partial charge < -0.3 is 15.4 Å². The summed E-state index contributed by atoms with van der Waals surface area (Å²) in [6.45, 7) is 0. The molecule has 9 heteroatoms. The Balaban J connectivity index is 2.04. The van der Waals surface area contributed by atoms with E-state index in [9.17, 15) is 22.0 Å². The molecular formula is C14H9F5N2OS. The van der Waals surface area contributed by atoms with E-state index < -0.39 is 23.7 Å². The molecule has 2 aromatic carbocycles. The van der Waals surface area contributed by atoms with E-state index in [0.29, 0.717) is 6.07 Å². The predicted octanol–water partition coefficient (Wildman–Crippen LogP) is 4.67. The second-order valence-corrected chi connectivity index (χ2v) is 4.69. The number of rotatable bonds is 3. The summed E-state index contributed by atoms with van der Waals surface area (Å²) in [5.74, 6) is -2.04. The molecule has 0 atom stereocenters. The highest BCUT2D eigenvalue weighted by atomic mass is 32.1. The minimum atomic E-state index is -4.81. The summed E-state index contributed by atoms with van der Waals surface area (Å²) in [7, 11) is 0. The van der Waals surface area contributed by atoms with Crippen LogP contribution in [0.1, 0.15) is 0 Å². The second kappa shape index (κ2) is 6.78. The van der Waals surface area contributed by atoms with Crippen LogP contribution in [0.25, 0.3) is 0 Å². The van der Waals surface area contributed by atoms with Gasteiger partial charge >= 0.3 is 6.36 Å².